The third-order valence-electron chi connectivity index (χ3n) is 4.40. The van der Waals surface area contributed by atoms with Crippen LogP contribution in [0.15, 0.2) is 66.7 Å². The van der Waals surface area contributed by atoms with Crippen LogP contribution in [-0.4, -0.2) is 32.9 Å². The molecule has 0 radical (unpaired) electrons. The van der Waals surface area contributed by atoms with Crippen molar-refractivity contribution in [1.82, 2.24) is 0 Å². The third-order valence-corrected chi connectivity index (χ3v) is 4.40. The molecular weight excluding hydrogens is 356 g/mol. The smallest absolute Gasteiger partial charge is 0.196 e. The molecule has 0 saturated heterocycles. The Hall–Kier alpha value is -3.60. The largest absolute Gasteiger partial charge is 0.497 e. The molecule has 0 spiro atoms. The maximum Gasteiger partial charge on any atom is 0.196 e. The summed E-state index contributed by atoms with van der Waals surface area (Å²) in [5, 5.41) is 0. The molecule has 3 rings (SSSR count). The highest BCUT2D eigenvalue weighted by Gasteiger charge is 2.22. The van der Waals surface area contributed by atoms with Gasteiger partial charge in [0.1, 0.15) is 17.2 Å². The third kappa shape index (κ3) is 3.74. The lowest BCUT2D eigenvalue weighted by Crippen LogP contribution is -2.10. The monoisotopic (exact) mass is 376 g/mol. The normalized spacial score (nSPS) is 10.2. The molecule has 0 unspecified atom stereocenters. The number of benzene rings is 3. The molecule has 0 amide bonds. The minimum Gasteiger partial charge on any atom is -0.497 e. The molecule has 0 N–H and O–H groups in total. The summed E-state index contributed by atoms with van der Waals surface area (Å²) < 4.78 is 15.9. The molecule has 0 aliphatic rings. The fourth-order valence-corrected chi connectivity index (χ4v) is 2.90. The lowest BCUT2D eigenvalue weighted by atomic mass is 9.95. The minimum atomic E-state index is -0.260. The lowest BCUT2D eigenvalue weighted by Gasteiger charge is -2.14. The summed E-state index contributed by atoms with van der Waals surface area (Å²) in [7, 11) is 4.50. The van der Waals surface area contributed by atoms with Crippen molar-refractivity contribution in [2.24, 2.45) is 0 Å². The van der Waals surface area contributed by atoms with Crippen molar-refractivity contribution in [3.05, 3.63) is 89.0 Å². The van der Waals surface area contributed by atoms with E-state index in [0.717, 1.165) is 0 Å². The fourth-order valence-electron chi connectivity index (χ4n) is 2.90. The first kappa shape index (κ1) is 19.2. The van der Waals surface area contributed by atoms with Gasteiger partial charge < -0.3 is 14.2 Å². The second-order valence-electron chi connectivity index (χ2n) is 6.01. The first-order valence-electron chi connectivity index (χ1n) is 8.63. The summed E-state index contributed by atoms with van der Waals surface area (Å²) in [6.45, 7) is 0. The number of carbonyl (C=O) groups excluding carboxylic acids is 2. The fraction of sp³-hybridized carbons (Fsp3) is 0.130. The zero-order valence-corrected chi connectivity index (χ0v) is 15.9. The highest BCUT2D eigenvalue weighted by Crippen LogP contribution is 2.32. The summed E-state index contributed by atoms with van der Waals surface area (Å²) >= 11 is 0. The molecular formula is C23H20O5. The van der Waals surface area contributed by atoms with Gasteiger partial charge >= 0.3 is 0 Å². The van der Waals surface area contributed by atoms with Crippen molar-refractivity contribution >= 4 is 11.6 Å². The van der Waals surface area contributed by atoms with Gasteiger partial charge in [-0.25, -0.2) is 0 Å². The van der Waals surface area contributed by atoms with E-state index >= 15 is 0 Å². The quantitative estimate of drug-likeness (QED) is 0.579. The highest BCUT2D eigenvalue weighted by molar-refractivity contribution is 6.15. The van der Waals surface area contributed by atoms with Crippen LogP contribution in [0.1, 0.15) is 31.8 Å². The zero-order chi connectivity index (χ0) is 20.1. The molecule has 0 saturated carbocycles. The molecule has 0 heterocycles. The van der Waals surface area contributed by atoms with E-state index in [1.807, 2.05) is 6.07 Å². The van der Waals surface area contributed by atoms with E-state index in [1.165, 1.54) is 20.3 Å². The predicted molar refractivity (Wildman–Crippen MR) is 106 cm³/mol. The molecule has 0 bridgehead atoms. The summed E-state index contributed by atoms with van der Waals surface area (Å²) in [6.07, 6.45) is 0. The molecule has 0 atom stereocenters. The molecule has 5 nitrogen and oxygen atoms in total. The van der Waals surface area contributed by atoms with Crippen molar-refractivity contribution < 1.29 is 23.8 Å². The maximum atomic E-state index is 13.1. The standard InChI is InChI=1S/C23H20O5/c1-26-17-11-9-16(10-12-17)23(25)19-13-18(20(27-2)14-21(19)28-3)22(24)15-7-5-4-6-8-15/h4-14H,1-3H3. The Morgan fingerprint density at radius 1 is 0.607 bits per heavy atom. The SMILES string of the molecule is COc1ccc(C(=O)c2cc(C(=O)c3ccccc3)c(OC)cc2OC)cc1. The van der Waals surface area contributed by atoms with Crippen molar-refractivity contribution in [1.29, 1.82) is 0 Å². The van der Waals surface area contributed by atoms with Crippen LogP contribution in [0.25, 0.3) is 0 Å². The van der Waals surface area contributed by atoms with E-state index in [9.17, 15) is 9.59 Å². The van der Waals surface area contributed by atoms with Gasteiger partial charge in [0.2, 0.25) is 0 Å². The minimum absolute atomic E-state index is 0.233. The molecule has 142 valence electrons. The number of ketones is 2. The molecule has 28 heavy (non-hydrogen) atoms. The Bertz CT molecular complexity index is 992. The van der Waals surface area contributed by atoms with E-state index in [0.29, 0.717) is 33.9 Å². The van der Waals surface area contributed by atoms with Gasteiger partial charge in [-0.1, -0.05) is 30.3 Å². The van der Waals surface area contributed by atoms with Crippen molar-refractivity contribution in [3.8, 4) is 17.2 Å². The van der Waals surface area contributed by atoms with Gasteiger partial charge in [0, 0.05) is 17.2 Å². The number of ether oxygens (including phenoxy) is 3. The van der Waals surface area contributed by atoms with Gasteiger partial charge in [-0.05, 0) is 30.3 Å². The van der Waals surface area contributed by atoms with Crippen LogP contribution in [0.3, 0.4) is 0 Å². The first-order valence-corrected chi connectivity index (χ1v) is 8.63. The van der Waals surface area contributed by atoms with Crippen molar-refractivity contribution in [3.63, 3.8) is 0 Å². The van der Waals surface area contributed by atoms with Crippen LogP contribution < -0.4 is 14.2 Å². The second-order valence-corrected chi connectivity index (χ2v) is 6.01. The molecule has 0 fully saturated rings. The number of methoxy groups -OCH3 is 3. The Kier molecular flexibility index (Phi) is 5.75. The average Bonchev–Trinajstić information content (AvgIpc) is 2.77. The molecule has 0 aromatic heterocycles. The molecule has 0 aliphatic heterocycles. The van der Waals surface area contributed by atoms with E-state index in [4.69, 9.17) is 14.2 Å². The van der Waals surface area contributed by atoms with E-state index in [-0.39, 0.29) is 17.1 Å². The first-order chi connectivity index (χ1) is 13.6. The van der Waals surface area contributed by atoms with Crippen LogP contribution in [0.5, 0.6) is 17.2 Å². The van der Waals surface area contributed by atoms with Crippen LogP contribution in [0.2, 0.25) is 0 Å². The summed E-state index contributed by atoms with van der Waals surface area (Å²) in [5.74, 6) is 0.839. The van der Waals surface area contributed by atoms with Crippen LogP contribution in [0.4, 0.5) is 0 Å². The summed E-state index contributed by atoms with van der Waals surface area (Å²) in [6, 6.07) is 18.7. The Morgan fingerprint density at radius 2 is 1.11 bits per heavy atom. The van der Waals surface area contributed by atoms with Crippen LogP contribution >= 0.6 is 0 Å². The molecule has 0 aliphatic carbocycles. The second kappa shape index (κ2) is 8.39. The van der Waals surface area contributed by atoms with Crippen molar-refractivity contribution in [2.45, 2.75) is 0 Å². The van der Waals surface area contributed by atoms with Gasteiger partial charge in [-0.3, -0.25) is 9.59 Å². The molecule has 5 heteroatoms. The average molecular weight is 376 g/mol. The predicted octanol–water partition coefficient (Wildman–Crippen LogP) is 4.17. The number of hydrogen-bond donors (Lipinski definition) is 0. The van der Waals surface area contributed by atoms with Gasteiger partial charge in [0.05, 0.1) is 32.5 Å². The van der Waals surface area contributed by atoms with E-state index in [2.05, 4.69) is 0 Å². The topological polar surface area (TPSA) is 61.8 Å². The molecule has 3 aromatic rings. The van der Waals surface area contributed by atoms with Gasteiger partial charge in [-0.2, -0.15) is 0 Å². The number of hydrogen-bond acceptors (Lipinski definition) is 5. The van der Waals surface area contributed by atoms with Gasteiger partial charge in [-0.15, -0.1) is 0 Å². The Morgan fingerprint density at radius 3 is 1.57 bits per heavy atom. The van der Waals surface area contributed by atoms with Gasteiger partial charge in [0.25, 0.3) is 0 Å². The summed E-state index contributed by atoms with van der Waals surface area (Å²) in [5.41, 5.74) is 1.55. The van der Waals surface area contributed by atoms with Gasteiger partial charge in [0.15, 0.2) is 11.6 Å². The zero-order valence-electron chi connectivity index (χ0n) is 15.9. The Labute approximate surface area is 163 Å². The summed E-state index contributed by atoms with van der Waals surface area (Å²) in [4.78, 5) is 26.0. The molecule has 3 aromatic carbocycles. The van der Waals surface area contributed by atoms with E-state index < -0.39 is 0 Å². The highest BCUT2D eigenvalue weighted by atomic mass is 16.5. The maximum absolute atomic E-state index is 13.1. The van der Waals surface area contributed by atoms with Crippen LogP contribution in [0, 0.1) is 0 Å². The van der Waals surface area contributed by atoms with Crippen LogP contribution in [-0.2, 0) is 0 Å². The number of carbonyl (C=O) groups is 2. The Balaban J connectivity index is 2.09. The lowest BCUT2D eigenvalue weighted by molar-refractivity contribution is 0.103. The number of rotatable bonds is 7. The van der Waals surface area contributed by atoms with E-state index in [1.54, 1.807) is 61.7 Å². The van der Waals surface area contributed by atoms with Crippen molar-refractivity contribution in [2.75, 3.05) is 21.3 Å².